The zero-order chi connectivity index (χ0) is 13.8. The molecule has 1 heterocycles. The molecular formula is C14H18BrFN2O. The van der Waals surface area contributed by atoms with Gasteiger partial charge in [0.2, 0.25) is 5.91 Å². The Morgan fingerprint density at radius 3 is 2.74 bits per heavy atom. The highest BCUT2D eigenvalue weighted by Gasteiger charge is 2.21. The molecular weight excluding hydrogens is 311 g/mol. The first-order valence-electron chi connectivity index (χ1n) is 6.49. The van der Waals surface area contributed by atoms with Crippen molar-refractivity contribution in [2.24, 2.45) is 0 Å². The molecule has 1 aromatic carbocycles. The number of piperidine rings is 1. The maximum atomic E-state index is 13.1. The van der Waals surface area contributed by atoms with Crippen molar-refractivity contribution in [2.75, 3.05) is 20.1 Å². The summed E-state index contributed by atoms with van der Waals surface area (Å²) in [4.78, 5) is 14.0. The number of hydrogen-bond acceptors (Lipinski definition) is 2. The number of carbonyl (C=O) groups excluding carboxylic acids is 1. The SMILES string of the molecule is CNC1CCN(C(=O)Cc2ccc(F)c(Br)c2)CC1. The van der Waals surface area contributed by atoms with Crippen LogP contribution < -0.4 is 5.32 Å². The number of benzene rings is 1. The van der Waals surface area contributed by atoms with Crippen LogP contribution in [-0.4, -0.2) is 37.0 Å². The smallest absolute Gasteiger partial charge is 0.226 e. The molecule has 0 unspecified atom stereocenters. The van der Waals surface area contributed by atoms with Crippen LogP contribution in [0.2, 0.25) is 0 Å². The lowest BCUT2D eigenvalue weighted by Gasteiger charge is -2.31. The summed E-state index contributed by atoms with van der Waals surface area (Å²) in [5.74, 6) is -0.181. The molecule has 1 aliphatic rings. The van der Waals surface area contributed by atoms with E-state index < -0.39 is 0 Å². The largest absolute Gasteiger partial charge is 0.342 e. The second-order valence-electron chi connectivity index (χ2n) is 4.87. The van der Waals surface area contributed by atoms with Crippen molar-refractivity contribution in [1.29, 1.82) is 0 Å². The van der Waals surface area contributed by atoms with Gasteiger partial charge in [0, 0.05) is 19.1 Å². The minimum absolute atomic E-state index is 0.119. The fourth-order valence-electron chi connectivity index (χ4n) is 2.35. The predicted molar refractivity (Wildman–Crippen MR) is 76.5 cm³/mol. The highest BCUT2D eigenvalue weighted by Crippen LogP contribution is 2.18. The topological polar surface area (TPSA) is 32.3 Å². The van der Waals surface area contributed by atoms with Crippen LogP contribution in [0, 0.1) is 5.82 Å². The Morgan fingerprint density at radius 1 is 1.47 bits per heavy atom. The van der Waals surface area contributed by atoms with Crippen LogP contribution in [0.5, 0.6) is 0 Å². The summed E-state index contributed by atoms with van der Waals surface area (Å²) in [5.41, 5.74) is 0.842. The Kier molecular flexibility index (Phi) is 4.93. The number of hydrogen-bond donors (Lipinski definition) is 1. The molecule has 5 heteroatoms. The van der Waals surface area contributed by atoms with Crippen molar-refractivity contribution in [3.05, 3.63) is 34.1 Å². The molecule has 1 amide bonds. The number of nitrogens with zero attached hydrogens (tertiary/aromatic N) is 1. The summed E-state index contributed by atoms with van der Waals surface area (Å²) in [6.45, 7) is 1.60. The van der Waals surface area contributed by atoms with E-state index in [1.807, 2.05) is 11.9 Å². The van der Waals surface area contributed by atoms with E-state index in [1.54, 1.807) is 12.1 Å². The van der Waals surface area contributed by atoms with Gasteiger partial charge in [0.1, 0.15) is 5.82 Å². The predicted octanol–water partition coefficient (Wildman–Crippen LogP) is 2.34. The standard InChI is InChI=1S/C14H18BrFN2O/c1-17-11-4-6-18(7-5-11)14(19)9-10-2-3-13(16)12(15)8-10/h2-3,8,11,17H,4-7,9H2,1H3. The van der Waals surface area contributed by atoms with Gasteiger partial charge in [-0.1, -0.05) is 6.07 Å². The summed E-state index contributed by atoms with van der Waals surface area (Å²) >= 11 is 3.14. The Bertz CT molecular complexity index is 459. The molecule has 19 heavy (non-hydrogen) atoms. The summed E-state index contributed by atoms with van der Waals surface area (Å²) in [6, 6.07) is 5.25. The lowest BCUT2D eigenvalue weighted by Crippen LogP contribution is -2.44. The van der Waals surface area contributed by atoms with Crippen molar-refractivity contribution in [3.8, 4) is 0 Å². The summed E-state index contributed by atoms with van der Waals surface area (Å²) in [7, 11) is 1.96. The molecule has 3 nitrogen and oxygen atoms in total. The van der Waals surface area contributed by atoms with Crippen molar-refractivity contribution < 1.29 is 9.18 Å². The van der Waals surface area contributed by atoms with Gasteiger partial charge in [-0.3, -0.25) is 4.79 Å². The maximum absolute atomic E-state index is 13.1. The van der Waals surface area contributed by atoms with Gasteiger partial charge < -0.3 is 10.2 Å². The number of amides is 1. The fourth-order valence-corrected chi connectivity index (χ4v) is 2.78. The van der Waals surface area contributed by atoms with E-state index in [2.05, 4.69) is 21.2 Å². The van der Waals surface area contributed by atoms with Crippen LogP contribution in [-0.2, 0) is 11.2 Å². The molecule has 0 radical (unpaired) electrons. The Balaban J connectivity index is 1.92. The van der Waals surface area contributed by atoms with E-state index in [4.69, 9.17) is 0 Å². The van der Waals surface area contributed by atoms with Crippen molar-refractivity contribution in [2.45, 2.75) is 25.3 Å². The van der Waals surface area contributed by atoms with Gasteiger partial charge >= 0.3 is 0 Å². The number of nitrogens with one attached hydrogen (secondary N) is 1. The van der Waals surface area contributed by atoms with Crippen molar-refractivity contribution in [1.82, 2.24) is 10.2 Å². The first-order chi connectivity index (χ1) is 9.10. The summed E-state index contributed by atoms with van der Waals surface area (Å²) in [5, 5.41) is 3.24. The first kappa shape index (κ1) is 14.5. The van der Waals surface area contributed by atoms with Gasteiger partial charge in [0.15, 0.2) is 0 Å². The van der Waals surface area contributed by atoms with Crippen LogP contribution in [0.15, 0.2) is 22.7 Å². The normalized spacial score (nSPS) is 16.7. The zero-order valence-corrected chi connectivity index (χ0v) is 12.5. The molecule has 1 saturated heterocycles. The van der Waals surface area contributed by atoms with Gasteiger partial charge in [0.25, 0.3) is 0 Å². The highest BCUT2D eigenvalue weighted by atomic mass is 79.9. The van der Waals surface area contributed by atoms with Crippen LogP contribution in [0.3, 0.4) is 0 Å². The molecule has 0 bridgehead atoms. The Morgan fingerprint density at radius 2 is 2.16 bits per heavy atom. The van der Waals surface area contributed by atoms with E-state index in [0.717, 1.165) is 31.5 Å². The molecule has 1 N–H and O–H groups in total. The van der Waals surface area contributed by atoms with Crippen LogP contribution in [0.4, 0.5) is 4.39 Å². The van der Waals surface area contributed by atoms with Crippen molar-refractivity contribution >= 4 is 21.8 Å². The second-order valence-corrected chi connectivity index (χ2v) is 5.72. The van der Waals surface area contributed by atoms with Gasteiger partial charge in [0.05, 0.1) is 10.9 Å². The van der Waals surface area contributed by atoms with Crippen molar-refractivity contribution in [3.63, 3.8) is 0 Å². The lowest BCUT2D eigenvalue weighted by molar-refractivity contribution is -0.131. The highest BCUT2D eigenvalue weighted by molar-refractivity contribution is 9.10. The zero-order valence-electron chi connectivity index (χ0n) is 11.0. The van der Waals surface area contributed by atoms with Gasteiger partial charge in [-0.15, -0.1) is 0 Å². The molecule has 0 aliphatic carbocycles. The second kappa shape index (κ2) is 6.48. The van der Waals surface area contributed by atoms with E-state index in [9.17, 15) is 9.18 Å². The molecule has 1 aromatic rings. The van der Waals surface area contributed by atoms with E-state index in [0.29, 0.717) is 16.9 Å². The lowest BCUT2D eigenvalue weighted by atomic mass is 10.0. The molecule has 104 valence electrons. The van der Waals surface area contributed by atoms with E-state index in [-0.39, 0.29) is 11.7 Å². The van der Waals surface area contributed by atoms with Crippen LogP contribution >= 0.6 is 15.9 Å². The van der Waals surface area contributed by atoms with Gasteiger partial charge in [-0.25, -0.2) is 4.39 Å². The Hall–Kier alpha value is -0.940. The Labute approximate surface area is 121 Å². The number of carbonyl (C=O) groups is 1. The monoisotopic (exact) mass is 328 g/mol. The van der Waals surface area contributed by atoms with E-state index >= 15 is 0 Å². The fraction of sp³-hybridized carbons (Fsp3) is 0.500. The van der Waals surface area contributed by atoms with Gasteiger partial charge in [-0.2, -0.15) is 0 Å². The molecule has 1 fully saturated rings. The maximum Gasteiger partial charge on any atom is 0.226 e. The number of likely N-dealkylation sites (tertiary alicyclic amines) is 1. The third kappa shape index (κ3) is 3.76. The average molecular weight is 329 g/mol. The number of halogens is 2. The quantitative estimate of drug-likeness (QED) is 0.923. The third-order valence-corrected chi connectivity index (χ3v) is 4.20. The molecule has 2 rings (SSSR count). The third-order valence-electron chi connectivity index (χ3n) is 3.60. The van der Waals surface area contributed by atoms with E-state index in [1.165, 1.54) is 6.07 Å². The molecule has 0 spiro atoms. The summed E-state index contributed by atoms with van der Waals surface area (Å²) in [6.07, 6.45) is 2.33. The van der Waals surface area contributed by atoms with Crippen LogP contribution in [0.25, 0.3) is 0 Å². The molecule has 0 saturated carbocycles. The first-order valence-corrected chi connectivity index (χ1v) is 7.28. The molecule has 1 aliphatic heterocycles. The minimum Gasteiger partial charge on any atom is -0.342 e. The van der Waals surface area contributed by atoms with Gasteiger partial charge in [-0.05, 0) is 53.5 Å². The van der Waals surface area contributed by atoms with Crippen LogP contribution in [0.1, 0.15) is 18.4 Å². The molecule has 0 atom stereocenters. The summed E-state index contributed by atoms with van der Waals surface area (Å²) < 4.78 is 13.5. The minimum atomic E-state index is -0.300. The average Bonchev–Trinajstić information content (AvgIpc) is 2.43. The molecule has 0 aromatic heterocycles. The number of rotatable bonds is 3.